The Morgan fingerprint density at radius 2 is 1.79 bits per heavy atom. The molecule has 2 atom stereocenters. The molecule has 0 aromatic carbocycles. The highest BCUT2D eigenvalue weighted by molar-refractivity contribution is 7.92. The van der Waals surface area contributed by atoms with Crippen LogP contribution < -0.4 is 0 Å². The van der Waals surface area contributed by atoms with Crippen molar-refractivity contribution in [2.75, 3.05) is 24.6 Å². The van der Waals surface area contributed by atoms with Gasteiger partial charge in [0.15, 0.2) is 0 Å². The Balaban J connectivity index is 2.04. The van der Waals surface area contributed by atoms with E-state index in [0.29, 0.717) is 19.5 Å². The minimum Gasteiger partial charge on any atom is -0.393 e. The summed E-state index contributed by atoms with van der Waals surface area (Å²) in [5.41, 5.74) is 0. The molecule has 2 heterocycles. The number of hydrogen-bond donors (Lipinski definition) is 1. The standard InChI is InChI=1S/C11H21NO5S2/c1-9(13)10-2-5-12(8-10)19(16,17)11-3-6-18(14,15)7-4-11/h9-11,13H,2-8H2,1H3. The van der Waals surface area contributed by atoms with Crippen LogP contribution in [0.25, 0.3) is 0 Å². The molecule has 2 aliphatic heterocycles. The van der Waals surface area contributed by atoms with E-state index in [1.165, 1.54) is 4.31 Å². The molecule has 1 N–H and O–H groups in total. The maximum Gasteiger partial charge on any atom is 0.217 e. The van der Waals surface area contributed by atoms with Gasteiger partial charge in [0, 0.05) is 13.1 Å². The summed E-state index contributed by atoms with van der Waals surface area (Å²) in [7, 11) is -6.47. The molecule has 6 nitrogen and oxygen atoms in total. The fourth-order valence-electron chi connectivity index (χ4n) is 2.76. The minimum absolute atomic E-state index is 0.0119. The number of nitrogens with zero attached hydrogens (tertiary/aromatic N) is 1. The topological polar surface area (TPSA) is 91.8 Å². The van der Waals surface area contributed by atoms with Crippen LogP contribution in [0.15, 0.2) is 0 Å². The SMILES string of the molecule is CC(O)C1CCN(S(=O)(=O)C2CCS(=O)(=O)CC2)C1. The summed E-state index contributed by atoms with van der Waals surface area (Å²) < 4.78 is 48.9. The van der Waals surface area contributed by atoms with Gasteiger partial charge in [0.25, 0.3) is 0 Å². The lowest BCUT2D eigenvalue weighted by atomic mass is 10.0. The summed E-state index contributed by atoms with van der Waals surface area (Å²) >= 11 is 0. The van der Waals surface area contributed by atoms with Crippen LogP contribution in [-0.2, 0) is 19.9 Å². The molecule has 2 rings (SSSR count). The van der Waals surface area contributed by atoms with Crippen LogP contribution in [0, 0.1) is 5.92 Å². The van der Waals surface area contributed by atoms with E-state index in [1.54, 1.807) is 6.92 Å². The zero-order valence-corrected chi connectivity index (χ0v) is 12.7. The summed E-state index contributed by atoms with van der Waals surface area (Å²) in [6.07, 6.45) is 0.551. The van der Waals surface area contributed by atoms with Crippen LogP contribution in [0.5, 0.6) is 0 Å². The molecule has 0 amide bonds. The van der Waals surface area contributed by atoms with Gasteiger partial charge >= 0.3 is 0 Å². The fraction of sp³-hybridized carbons (Fsp3) is 1.00. The number of sulfone groups is 1. The normalized spacial score (nSPS) is 31.4. The molecular weight excluding hydrogens is 290 g/mol. The van der Waals surface area contributed by atoms with Crippen molar-refractivity contribution in [2.24, 2.45) is 5.92 Å². The Bertz CT molecular complexity index is 511. The zero-order chi connectivity index (χ0) is 14.3. The maximum absolute atomic E-state index is 12.4. The number of aliphatic hydroxyl groups excluding tert-OH is 1. The Kier molecular flexibility index (Phi) is 4.25. The average molecular weight is 311 g/mol. The van der Waals surface area contributed by atoms with Crippen LogP contribution in [0.2, 0.25) is 0 Å². The van der Waals surface area contributed by atoms with Crippen molar-refractivity contribution in [3.05, 3.63) is 0 Å². The third-order valence-corrected chi connectivity index (χ3v) is 8.23. The molecule has 0 aromatic rings. The molecule has 19 heavy (non-hydrogen) atoms. The van der Waals surface area contributed by atoms with Crippen molar-refractivity contribution in [3.63, 3.8) is 0 Å². The third kappa shape index (κ3) is 3.29. The Hall–Kier alpha value is -0.180. The molecule has 0 saturated carbocycles. The fourth-order valence-corrected chi connectivity index (χ4v) is 6.56. The van der Waals surface area contributed by atoms with Gasteiger partial charge in [-0.25, -0.2) is 21.1 Å². The Morgan fingerprint density at radius 1 is 1.21 bits per heavy atom. The van der Waals surface area contributed by atoms with Crippen LogP contribution in [0.3, 0.4) is 0 Å². The molecule has 0 radical (unpaired) electrons. The zero-order valence-electron chi connectivity index (χ0n) is 11.0. The van der Waals surface area contributed by atoms with Gasteiger partial charge in [-0.1, -0.05) is 0 Å². The Labute approximate surface area is 114 Å². The maximum atomic E-state index is 12.4. The van der Waals surface area contributed by atoms with E-state index in [-0.39, 0.29) is 30.3 Å². The molecule has 2 fully saturated rings. The largest absolute Gasteiger partial charge is 0.393 e. The van der Waals surface area contributed by atoms with Gasteiger partial charge in [-0.3, -0.25) is 0 Å². The first kappa shape index (κ1) is 15.2. The van der Waals surface area contributed by atoms with Crippen LogP contribution in [-0.4, -0.2) is 62.2 Å². The highest BCUT2D eigenvalue weighted by Crippen LogP contribution is 2.28. The summed E-state index contributed by atoms with van der Waals surface area (Å²) in [6, 6.07) is 0. The van der Waals surface area contributed by atoms with E-state index in [1.807, 2.05) is 0 Å². The summed E-state index contributed by atoms with van der Waals surface area (Å²) in [5.74, 6) is -0.0862. The molecule has 2 aliphatic rings. The highest BCUT2D eigenvalue weighted by Gasteiger charge is 2.40. The van der Waals surface area contributed by atoms with E-state index in [0.717, 1.165) is 0 Å². The van der Waals surface area contributed by atoms with E-state index < -0.39 is 31.2 Å². The molecular formula is C11H21NO5S2. The van der Waals surface area contributed by atoms with Crippen LogP contribution in [0.4, 0.5) is 0 Å². The van der Waals surface area contributed by atoms with Gasteiger partial charge in [0.1, 0.15) is 9.84 Å². The second kappa shape index (κ2) is 5.31. The lowest BCUT2D eigenvalue weighted by Gasteiger charge is -2.27. The van der Waals surface area contributed by atoms with E-state index >= 15 is 0 Å². The van der Waals surface area contributed by atoms with E-state index in [2.05, 4.69) is 0 Å². The highest BCUT2D eigenvalue weighted by atomic mass is 32.2. The summed E-state index contributed by atoms with van der Waals surface area (Å²) in [5, 5.41) is 8.93. The van der Waals surface area contributed by atoms with Crippen molar-refractivity contribution in [2.45, 2.75) is 37.5 Å². The number of aliphatic hydroxyl groups is 1. The molecule has 0 spiro atoms. The first-order valence-electron chi connectivity index (χ1n) is 6.60. The van der Waals surface area contributed by atoms with Crippen molar-refractivity contribution in [1.82, 2.24) is 4.31 Å². The van der Waals surface area contributed by atoms with E-state index in [4.69, 9.17) is 0 Å². The van der Waals surface area contributed by atoms with Gasteiger partial charge in [0.05, 0.1) is 22.9 Å². The third-order valence-electron chi connectivity index (χ3n) is 4.15. The molecule has 0 bridgehead atoms. The van der Waals surface area contributed by atoms with Crippen LogP contribution in [0.1, 0.15) is 26.2 Å². The number of sulfonamides is 1. The molecule has 2 saturated heterocycles. The van der Waals surface area contributed by atoms with Gasteiger partial charge in [0.2, 0.25) is 10.0 Å². The Morgan fingerprint density at radius 3 is 2.26 bits per heavy atom. The van der Waals surface area contributed by atoms with Crippen molar-refractivity contribution >= 4 is 19.9 Å². The van der Waals surface area contributed by atoms with Crippen molar-refractivity contribution < 1.29 is 21.9 Å². The molecule has 0 aliphatic carbocycles. The lowest BCUT2D eigenvalue weighted by molar-refractivity contribution is 0.132. The van der Waals surface area contributed by atoms with E-state index in [9.17, 15) is 21.9 Å². The quantitative estimate of drug-likeness (QED) is 0.765. The van der Waals surface area contributed by atoms with Gasteiger partial charge in [-0.15, -0.1) is 0 Å². The average Bonchev–Trinajstić information content (AvgIpc) is 2.78. The second-order valence-corrected chi connectivity index (χ2v) is 10.1. The number of hydrogen-bond acceptors (Lipinski definition) is 5. The molecule has 8 heteroatoms. The number of rotatable bonds is 3. The smallest absolute Gasteiger partial charge is 0.217 e. The van der Waals surface area contributed by atoms with Gasteiger partial charge in [-0.2, -0.15) is 0 Å². The second-order valence-electron chi connectivity index (χ2n) is 5.54. The summed E-state index contributed by atoms with van der Waals surface area (Å²) in [4.78, 5) is 0. The molecule has 0 aromatic heterocycles. The minimum atomic E-state index is -3.42. The molecule has 112 valence electrons. The van der Waals surface area contributed by atoms with Crippen LogP contribution >= 0.6 is 0 Å². The monoisotopic (exact) mass is 311 g/mol. The first-order valence-corrected chi connectivity index (χ1v) is 9.92. The molecule has 2 unspecified atom stereocenters. The summed E-state index contributed by atoms with van der Waals surface area (Å²) in [6.45, 7) is 2.46. The van der Waals surface area contributed by atoms with Gasteiger partial charge in [-0.05, 0) is 32.1 Å². The predicted octanol–water partition coefficient (Wildman–Crippen LogP) is -0.404. The van der Waals surface area contributed by atoms with Crippen molar-refractivity contribution in [1.29, 1.82) is 0 Å². The predicted molar refractivity (Wildman–Crippen MR) is 72.0 cm³/mol. The van der Waals surface area contributed by atoms with Crippen molar-refractivity contribution in [3.8, 4) is 0 Å². The van der Waals surface area contributed by atoms with Gasteiger partial charge < -0.3 is 5.11 Å². The first-order chi connectivity index (χ1) is 8.72. The lowest BCUT2D eigenvalue weighted by Crippen LogP contribution is -2.42.